The zero-order chi connectivity index (χ0) is 34.6. The van der Waals surface area contributed by atoms with Gasteiger partial charge in [-0.1, -0.05) is 77.6 Å². The van der Waals surface area contributed by atoms with E-state index in [2.05, 4.69) is 30.5 Å². The van der Waals surface area contributed by atoms with Crippen LogP contribution in [-0.2, 0) is 16.1 Å². The number of ketones is 2. The Morgan fingerprint density at radius 1 is 0.978 bits per heavy atom. The van der Waals surface area contributed by atoms with Crippen molar-refractivity contribution >= 4 is 23.4 Å². The first-order valence-electron chi connectivity index (χ1n) is 16.8. The summed E-state index contributed by atoms with van der Waals surface area (Å²) in [6.45, 7) is 15.3. The van der Waals surface area contributed by atoms with Crippen LogP contribution in [-0.4, -0.2) is 44.1 Å². The minimum atomic E-state index is -0.132. The second-order valence-corrected chi connectivity index (χ2v) is 12.3. The molecule has 0 aliphatic carbocycles. The van der Waals surface area contributed by atoms with Crippen LogP contribution < -0.4 is 20.1 Å². The van der Waals surface area contributed by atoms with E-state index in [1.807, 2.05) is 39.0 Å². The molecule has 2 unspecified atom stereocenters. The summed E-state index contributed by atoms with van der Waals surface area (Å²) in [4.78, 5) is 44.2. The van der Waals surface area contributed by atoms with Gasteiger partial charge < -0.3 is 14.8 Å². The van der Waals surface area contributed by atoms with E-state index in [9.17, 15) is 19.2 Å². The van der Waals surface area contributed by atoms with Crippen molar-refractivity contribution in [2.75, 3.05) is 20.8 Å². The van der Waals surface area contributed by atoms with Crippen molar-refractivity contribution in [1.82, 2.24) is 10.6 Å². The lowest BCUT2D eigenvalue weighted by Gasteiger charge is -2.23. The van der Waals surface area contributed by atoms with E-state index in [-0.39, 0.29) is 29.3 Å². The third kappa shape index (κ3) is 14.3. The van der Waals surface area contributed by atoms with Gasteiger partial charge in [0.25, 0.3) is 0 Å². The van der Waals surface area contributed by atoms with E-state index in [1.165, 1.54) is 57.9 Å². The molecule has 0 bridgehead atoms. The maximum atomic E-state index is 11.2. The quantitative estimate of drug-likeness (QED) is 0.116. The summed E-state index contributed by atoms with van der Waals surface area (Å²) in [5.41, 5.74) is 3.11. The highest BCUT2D eigenvalue weighted by atomic mass is 16.5. The fraction of sp³-hybridized carbons (Fsp3) is 0.579. The molecule has 1 heterocycles. The Morgan fingerprint density at radius 3 is 2.20 bits per heavy atom. The summed E-state index contributed by atoms with van der Waals surface area (Å²) in [7, 11) is 3.38. The van der Waals surface area contributed by atoms with E-state index in [4.69, 9.17) is 9.47 Å². The average Bonchev–Trinajstić information content (AvgIpc) is 3.02. The SMILES string of the molecule is CC(=O)c1cccc(C)c1C(C)=O.CC(C)C1CCC(=O)NC1=O.CCCCC(CC)CCCNCc1ccc(OC)cc1OC. The largest absolute Gasteiger partial charge is 0.497 e. The van der Waals surface area contributed by atoms with Crippen LogP contribution in [0.4, 0.5) is 0 Å². The number of imide groups is 1. The van der Waals surface area contributed by atoms with Crippen LogP contribution in [0, 0.1) is 24.7 Å². The number of methoxy groups -OCH3 is 2. The molecule has 2 aromatic rings. The molecule has 2 amide bonds. The molecule has 0 saturated carbocycles. The Morgan fingerprint density at radius 2 is 1.67 bits per heavy atom. The van der Waals surface area contributed by atoms with Gasteiger partial charge >= 0.3 is 0 Å². The Hall–Kier alpha value is -3.52. The van der Waals surface area contributed by atoms with Gasteiger partial charge in [-0.05, 0) is 70.0 Å². The monoisotopic (exact) mass is 638 g/mol. The molecule has 0 aromatic heterocycles. The topological polar surface area (TPSA) is 111 Å². The number of aryl methyl sites for hydroxylation is 1. The fourth-order valence-corrected chi connectivity index (χ4v) is 5.56. The summed E-state index contributed by atoms with van der Waals surface area (Å²) < 4.78 is 10.6. The molecule has 2 aromatic carbocycles. The second-order valence-electron chi connectivity index (χ2n) is 12.3. The van der Waals surface area contributed by atoms with Crippen LogP contribution >= 0.6 is 0 Å². The maximum absolute atomic E-state index is 11.2. The number of hydrogen-bond donors (Lipinski definition) is 2. The molecule has 2 N–H and O–H groups in total. The minimum Gasteiger partial charge on any atom is -0.497 e. The number of carbonyl (C=O) groups excluding carboxylic acids is 4. The van der Waals surface area contributed by atoms with Gasteiger partial charge in [0.15, 0.2) is 11.6 Å². The zero-order valence-electron chi connectivity index (χ0n) is 29.7. The van der Waals surface area contributed by atoms with Gasteiger partial charge in [-0.25, -0.2) is 0 Å². The van der Waals surface area contributed by atoms with Crippen molar-refractivity contribution in [3.05, 3.63) is 58.7 Å². The number of amides is 2. The van der Waals surface area contributed by atoms with Crippen molar-refractivity contribution in [3.63, 3.8) is 0 Å². The van der Waals surface area contributed by atoms with Gasteiger partial charge in [-0.15, -0.1) is 0 Å². The first-order chi connectivity index (χ1) is 21.9. The number of ether oxygens (including phenoxy) is 2. The van der Waals surface area contributed by atoms with Crippen LogP contribution in [0.3, 0.4) is 0 Å². The zero-order valence-corrected chi connectivity index (χ0v) is 29.7. The molecule has 8 nitrogen and oxygen atoms in total. The van der Waals surface area contributed by atoms with Crippen LogP contribution in [0.2, 0.25) is 0 Å². The minimum absolute atomic E-state index is 0.0349. The Balaban J connectivity index is 0.000000374. The standard InChI is InChI=1S/C19H33NO2.C11H12O2.C8H13NO2/c1-5-7-9-16(6-2)10-8-13-20-15-17-11-12-18(21-3)14-19(17)22-4;1-7-5-4-6-10(8(2)12)11(7)9(3)13;1-5(2)6-3-4-7(10)9-8(6)11/h11-12,14,16,20H,5-10,13,15H2,1-4H3;4-6H,1-3H3;5-6H,3-4H2,1-2H3,(H,9,10,11). The van der Waals surface area contributed by atoms with Crippen molar-refractivity contribution < 1.29 is 28.7 Å². The molecule has 1 saturated heterocycles. The van der Waals surface area contributed by atoms with Crippen molar-refractivity contribution in [2.24, 2.45) is 17.8 Å². The van der Waals surface area contributed by atoms with E-state index >= 15 is 0 Å². The molecule has 2 atom stereocenters. The van der Waals surface area contributed by atoms with Crippen LogP contribution in [0.1, 0.15) is 125 Å². The normalized spacial score (nSPS) is 14.7. The summed E-state index contributed by atoms with van der Waals surface area (Å²) in [6, 6.07) is 11.3. The summed E-state index contributed by atoms with van der Waals surface area (Å²) in [5.74, 6) is 2.65. The maximum Gasteiger partial charge on any atom is 0.229 e. The smallest absolute Gasteiger partial charge is 0.229 e. The van der Waals surface area contributed by atoms with E-state index in [0.717, 1.165) is 36.1 Å². The molecule has 256 valence electrons. The number of piperidine rings is 1. The highest BCUT2D eigenvalue weighted by Crippen LogP contribution is 2.25. The molecular formula is C38H58N2O6. The number of unbranched alkanes of at least 4 members (excludes halogenated alkanes) is 1. The molecule has 1 aliphatic rings. The fourth-order valence-electron chi connectivity index (χ4n) is 5.56. The predicted octanol–water partition coefficient (Wildman–Crippen LogP) is 7.89. The second kappa shape index (κ2) is 22.1. The van der Waals surface area contributed by atoms with Gasteiger partial charge in [0.1, 0.15) is 11.5 Å². The molecule has 0 radical (unpaired) electrons. The molecular weight excluding hydrogens is 580 g/mol. The van der Waals surface area contributed by atoms with Crippen molar-refractivity contribution in [1.29, 1.82) is 0 Å². The lowest BCUT2D eigenvalue weighted by atomic mass is 9.88. The highest BCUT2D eigenvalue weighted by molar-refractivity contribution is 6.08. The number of Topliss-reactive ketones (excluding diaryl/α,β-unsaturated/α-hetero) is 2. The van der Waals surface area contributed by atoms with Gasteiger partial charge in [0.05, 0.1) is 14.2 Å². The Kier molecular flexibility index (Phi) is 19.4. The molecule has 0 spiro atoms. The third-order valence-corrected chi connectivity index (χ3v) is 8.41. The van der Waals surface area contributed by atoms with Crippen molar-refractivity contribution in [3.8, 4) is 11.5 Å². The molecule has 8 heteroatoms. The van der Waals surface area contributed by atoms with Gasteiger partial charge in [0.2, 0.25) is 11.8 Å². The predicted molar refractivity (Wildman–Crippen MR) is 186 cm³/mol. The van der Waals surface area contributed by atoms with E-state index in [0.29, 0.717) is 29.9 Å². The number of benzene rings is 2. The number of hydrogen-bond acceptors (Lipinski definition) is 7. The number of carbonyl (C=O) groups is 4. The van der Waals surface area contributed by atoms with Crippen LogP contribution in [0.25, 0.3) is 0 Å². The van der Waals surface area contributed by atoms with Crippen LogP contribution in [0.5, 0.6) is 11.5 Å². The molecule has 1 aliphatic heterocycles. The van der Waals surface area contributed by atoms with Crippen molar-refractivity contribution in [2.45, 2.75) is 106 Å². The number of rotatable bonds is 15. The molecule has 1 fully saturated rings. The van der Waals surface area contributed by atoms with E-state index in [1.54, 1.807) is 26.4 Å². The molecule has 3 rings (SSSR count). The molecule has 46 heavy (non-hydrogen) atoms. The third-order valence-electron chi connectivity index (χ3n) is 8.41. The summed E-state index contributed by atoms with van der Waals surface area (Å²) in [5, 5.41) is 5.86. The summed E-state index contributed by atoms with van der Waals surface area (Å²) in [6.07, 6.45) is 9.17. The Labute approximate surface area is 277 Å². The van der Waals surface area contributed by atoms with Gasteiger partial charge in [-0.2, -0.15) is 0 Å². The average molecular weight is 639 g/mol. The van der Waals surface area contributed by atoms with Gasteiger partial charge in [0, 0.05) is 41.6 Å². The lowest BCUT2D eigenvalue weighted by Crippen LogP contribution is -2.42. The van der Waals surface area contributed by atoms with Crippen LogP contribution in [0.15, 0.2) is 36.4 Å². The first kappa shape index (κ1) is 40.5. The summed E-state index contributed by atoms with van der Waals surface area (Å²) >= 11 is 0. The Bertz CT molecular complexity index is 1260. The first-order valence-corrected chi connectivity index (χ1v) is 16.8. The van der Waals surface area contributed by atoms with Gasteiger partial charge in [-0.3, -0.25) is 24.5 Å². The highest BCUT2D eigenvalue weighted by Gasteiger charge is 2.28. The lowest BCUT2D eigenvalue weighted by molar-refractivity contribution is -0.137. The number of nitrogens with one attached hydrogen (secondary N) is 2. The van der Waals surface area contributed by atoms with E-state index < -0.39 is 0 Å².